The van der Waals surface area contributed by atoms with Gasteiger partial charge in [-0.05, 0) is 85.4 Å². The highest BCUT2D eigenvalue weighted by Gasteiger charge is 2.48. The second kappa shape index (κ2) is 16.1. The number of halogens is 3. The number of aliphatic hydroxyl groups is 2. The van der Waals surface area contributed by atoms with Gasteiger partial charge in [-0.25, -0.2) is 4.39 Å². The van der Waals surface area contributed by atoms with Crippen molar-refractivity contribution in [1.29, 1.82) is 0 Å². The van der Waals surface area contributed by atoms with E-state index in [1.165, 1.54) is 13.2 Å². The Labute approximate surface area is 336 Å². The van der Waals surface area contributed by atoms with Gasteiger partial charge < -0.3 is 35.1 Å². The lowest BCUT2D eigenvalue weighted by Crippen LogP contribution is -2.57. The number of amides is 1. The van der Waals surface area contributed by atoms with Crippen LogP contribution in [0.25, 0.3) is 22.3 Å². The first-order valence-electron chi connectivity index (χ1n) is 19.3. The Hall–Kier alpha value is -3.97. The maximum Gasteiger partial charge on any atom is 0.236 e. The van der Waals surface area contributed by atoms with Gasteiger partial charge in [-0.1, -0.05) is 59.6 Å². The molecule has 1 amide bonds. The lowest BCUT2D eigenvalue weighted by atomic mass is 9.67. The fraction of sp³-hybridized carbons (Fsp3) is 0.442. The van der Waals surface area contributed by atoms with E-state index in [1.807, 2.05) is 42.5 Å². The second-order valence-electron chi connectivity index (χ2n) is 15.6. The van der Waals surface area contributed by atoms with Crippen LogP contribution in [0.2, 0.25) is 10.0 Å². The molecule has 3 saturated heterocycles. The predicted molar refractivity (Wildman–Crippen MR) is 213 cm³/mol. The highest BCUT2D eigenvalue weighted by Crippen LogP contribution is 2.48. The third-order valence-corrected chi connectivity index (χ3v) is 13.0. The minimum atomic E-state index is -1.35. The standard InChI is InChI=1S/C43H47Cl2FN4O6/c1-54-37-19-24(18-35(46)33(37)21-47-20-26-9-12-38(51)48-26)28-5-3-8-32(39(28)45)29-6-4-7-31-30(29)10-11-36(31)56-41-34(44)17-25(40(49-41)55-2)22-50-23-43(42(52)53)15-13-27(50)14-16-43/h3-8,17-19,26-27,36,42,47,52-53H,9-16,20-23H2,1-2H3,(H,48,51)/t26-,27?,36-,43?/m0/s1. The number of pyridine rings is 1. The molecule has 2 atom stereocenters. The van der Waals surface area contributed by atoms with Crippen LogP contribution >= 0.6 is 23.2 Å². The summed E-state index contributed by atoms with van der Waals surface area (Å²) in [7, 11) is 3.10. The molecule has 5 aliphatic rings. The molecule has 4 fully saturated rings. The number of aromatic nitrogens is 1. The van der Waals surface area contributed by atoms with Crippen molar-refractivity contribution in [2.24, 2.45) is 5.41 Å². The van der Waals surface area contributed by atoms with Crippen molar-refractivity contribution in [3.63, 3.8) is 0 Å². The molecule has 2 bridgehead atoms. The number of benzene rings is 3. The van der Waals surface area contributed by atoms with E-state index >= 15 is 4.39 Å². The molecule has 0 unspecified atom stereocenters. The van der Waals surface area contributed by atoms with E-state index in [1.54, 1.807) is 7.11 Å². The van der Waals surface area contributed by atoms with Crippen molar-refractivity contribution in [3.8, 4) is 39.8 Å². The zero-order valence-corrected chi connectivity index (χ0v) is 33.1. The first-order valence-corrected chi connectivity index (χ1v) is 20.1. The minimum absolute atomic E-state index is 0.0349. The fourth-order valence-electron chi connectivity index (χ4n) is 9.26. The first-order chi connectivity index (χ1) is 27.1. The summed E-state index contributed by atoms with van der Waals surface area (Å²) in [5, 5.41) is 27.4. The summed E-state index contributed by atoms with van der Waals surface area (Å²) in [6.07, 6.45) is 4.53. The number of rotatable bonds is 13. The molecule has 296 valence electrons. The molecule has 2 aliphatic carbocycles. The molecule has 0 spiro atoms. The fourth-order valence-corrected chi connectivity index (χ4v) is 9.81. The number of hydrogen-bond acceptors (Lipinski definition) is 9. The smallest absolute Gasteiger partial charge is 0.236 e. The van der Waals surface area contributed by atoms with Gasteiger partial charge in [-0.3, -0.25) is 9.69 Å². The van der Waals surface area contributed by atoms with Crippen molar-refractivity contribution in [1.82, 2.24) is 20.5 Å². The molecule has 10 nitrogen and oxygen atoms in total. The molecule has 4 aromatic rings. The Morgan fingerprint density at radius 2 is 1.75 bits per heavy atom. The molecule has 1 aromatic heterocycles. The highest BCUT2D eigenvalue weighted by atomic mass is 35.5. The third-order valence-electron chi connectivity index (χ3n) is 12.3. The number of hydrogen-bond donors (Lipinski definition) is 4. The van der Waals surface area contributed by atoms with Crippen molar-refractivity contribution in [3.05, 3.63) is 92.7 Å². The lowest BCUT2D eigenvalue weighted by Gasteiger charge is -2.53. The van der Waals surface area contributed by atoms with Gasteiger partial charge in [0, 0.05) is 72.4 Å². The largest absolute Gasteiger partial charge is 0.496 e. The summed E-state index contributed by atoms with van der Waals surface area (Å²) in [4.78, 5) is 18.6. The number of methoxy groups -OCH3 is 2. The normalized spacial score (nSPS) is 23.1. The molecular formula is C43H47Cl2FN4O6. The van der Waals surface area contributed by atoms with Gasteiger partial charge in [0.1, 0.15) is 22.7 Å². The Morgan fingerprint density at radius 3 is 2.48 bits per heavy atom. The van der Waals surface area contributed by atoms with Crippen LogP contribution in [-0.2, 0) is 24.3 Å². The Morgan fingerprint density at radius 1 is 0.982 bits per heavy atom. The van der Waals surface area contributed by atoms with Crippen LogP contribution in [0.15, 0.2) is 54.6 Å². The highest BCUT2D eigenvalue weighted by molar-refractivity contribution is 6.36. The SMILES string of the molecule is COc1cc(-c2cccc(-c3cccc4c3CC[C@@H]4Oc3nc(OC)c(CN4CC5(C(O)O)CCC4CC5)cc3Cl)c2Cl)cc(F)c1CNC[C@@H]1CCC(=O)N1. The molecule has 4 heterocycles. The molecule has 9 rings (SSSR count). The number of fused-ring (bicyclic) bond motifs is 4. The van der Waals surface area contributed by atoms with Crippen LogP contribution in [0.4, 0.5) is 4.39 Å². The first kappa shape index (κ1) is 38.9. The van der Waals surface area contributed by atoms with Crippen molar-refractivity contribution in [2.45, 2.75) is 88.9 Å². The molecule has 4 N–H and O–H groups in total. The van der Waals surface area contributed by atoms with Crippen molar-refractivity contribution < 1.29 is 33.6 Å². The minimum Gasteiger partial charge on any atom is -0.496 e. The average Bonchev–Trinajstić information content (AvgIpc) is 3.82. The lowest BCUT2D eigenvalue weighted by molar-refractivity contribution is -0.188. The van der Waals surface area contributed by atoms with Crippen molar-refractivity contribution in [2.75, 3.05) is 27.3 Å². The van der Waals surface area contributed by atoms with Crippen LogP contribution in [0.1, 0.15) is 73.3 Å². The zero-order valence-electron chi connectivity index (χ0n) is 31.5. The van der Waals surface area contributed by atoms with Crippen LogP contribution in [0, 0.1) is 11.2 Å². The van der Waals surface area contributed by atoms with E-state index in [2.05, 4.69) is 21.6 Å². The summed E-state index contributed by atoms with van der Waals surface area (Å²) in [5.41, 5.74) is 5.94. The second-order valence-corrected chi connectivity index (χ2v) is 16.4. The Kier molecular flexibility index (Phi) is 11.2. The van der Waals surface area contributed by atoms with Gasteiger partial charge >= 0.3 is 0 Å². The molecule has 1 saturated carbocycles. The number of carbonyl (C=O) groups excluding carboxylic acids is 1. The van der Waals surface area contributed by atoms with E-state index < -0.39 is 17.5 Å². The van der Waals surface area contributed by atoms with E-state index in [0.29, 0.717) is 76.9 Å². The van der Waals surface area contributed by atoms with Gasteiger partial charge in [0.15, 0.2) is 6.29 Å². The molecular weight excluding hydrogens is 758 g/mol. The summed E-state index contributed by atoms with van der Waals surface area (Å²) in [6.45, 7) is 1.93. The van der Waals surface area contributed by atoms with E-state index in [-0.39, 0.29) is 30.5 Å². The molecule has 56 heavy (non-hydrogen) atoms. The van der Waals surface area contributed by atoms with Gasteiger partial charge in [0.2, 0.25) is 17.7 Å². The summed E-state index contributed by atoms with van der Waals surface area (Å²) in [5.74, 6) is 0.763. The molecule has 13 heteroatoms. The number of aliphatic hydroxyl groups excluding tert-OH is 1. The van der Waals surface area contributed by atoms with E-state index in [9.17, 15) is 15.0 Å². The van der Waals surface area contributed by atoms with Crippen LogP contribution in [0.3, 0.4) is 0 Å². The number of nitrogens with zero attached hydrogens (tertiary/aromatic N) is 2. The molecule has 0 radical (unpaired) electrons. The molecule has 3 aromatic carbocycles. The zero-order chi connectivity index (χ0) is 39.1. The summed E-state index contributed by atoms with van der Waals surface area (Å²) < 4.78 is 33.6. The average molecular weight is 806 g/mol. The maximum atomic E-state index is 15.7. The van der Waals surface area contributed by atoms with Gasteiger partial charge in [-0.15, -0.1) is 0 Å². The van der Waals surface area contributed by atoms with Gasteiger partial charge in [0.05, 0.1) is 19.2 Å². The maximum absolute atomic E-state index is 15.7. The van der Waals surface area contributed by atoms with Crippen LogP contribution in [0.5, 0.6) is 17.5 Å². The number of piperidine rings is 2. The summed E-state index contributed by atoms with van der Waals surface area (Å²) >= 11 is 14.0. The van der Waals surface area contributed by atoms with Crippen LogP contribution in [-0.4, -0.2) is 71.7 Å². The van der Waals surface area contributed by atoms with E-state index in [0.717, 1.165) is 66.3 Å². The van der Waals surface area contributed by atoms with Crippen molar-refractivity contribution >= 4 is 29.1 Å². The Balaban J connectivity index is 1.01. The number of carbonyl (C=O) groups is 1. The van der Waals surface area contributed by atoms with Crippen LogP contribution < -0.4 is 24.8 Å². The Bertz CT molecular complexity index is 2130. The topological polar surface area (TPSA) is 125 Å². The van der Waals surface area contributed by atoms with E-state index in [4.69, 9.17) is 42.4 Å². The predicted octanol–water partition coefficient (Wildman–Crippen LogP) is 7.37. The summed E-state index contributed by atoms with van der Waals surface area (Å²) in [6, 6.07) is 17.4. The monoisotopic (exact) mass is 804 g/mol. The van der Waals surface area contributed by atoms with Gasteiger partial charge in [-0.2, -0.15) is 4.98 Å². The number of nitrogens with one attached hydrogen (secondary N) is 2. The molecule has 3 aliphatic heterocycles. The van der Waals surface area contributed by atoms with Gasteiger partial charge in [0.25, 0.3) is 0 Å². The quantitative estimate of drug-likeness (QED) is 0.103. The third kappa shape index (κ3) is 7.45. The number of ether oxygens (including phenoxy) is 3.